The molecule has 0 unspecified atom stereocenters. The Morgan fingerprint density at radius 1 is 1.12 bits per heavy atom. The number of pyridine rings is 1. The van der Waals surface area contributed by atoms with Gasteiger partial charge in [-0.05, 0) is 31.2 Å². The number of aryl methyl sites for hydroxylation is 1. The van der Waals surface area contributed by atoms with Crippen molar-refractivity contribution >= 4 is 16.6 Å². The van der Waals surface area contributed by atoms with E-state index < -0.39 is 0 Å². The van der Waals surface area contributed by atoms with Crippen LogP contribution in [0.1, 0.15) is 18.5 Å². The standard InChI is InChI=1S/C14H16N2/c1-11-13-7-3-2-6-12(13)10-14(15-11)16-8-4-5-9-16/h2-3,6-7,10H,4-5,8-9H2,1H3. The molecule has 2 heterocycles. The molecule has 1 aromatic heterocycles. The van der Waals surface area contributed by atoms with Crippen LogP contribution in [0.3, 0.4) is 0 Å². The summed E-state index contributed by atoms with van der Waals surface area (Å²) >= 11 is 0. The molecular formula is C14H16N2. The minimum atomic E-state index is 1.14. The Kier molecular flexibility index (Phi) is 2.28. The van der Waals surface area contributed by atoms with Crippen LogP contribution in [0.25, 0.3) is 10.8 Å². The second-order valence-electron chi connectivity index (χ2n) is 4.48. The smallest absolute Gasteiger partial charge is 0.129 e. The molecule has 0 N–H and O–H groups in total. The fourth-order valence-corrected chi connectivity index (χ4v) is 2.46. The van der Waals surface area contributed by atoms with Gasteiger partial charge in [0.2, 0.25) is 0 Å². The van der Waals surface area contributed by atoms with Gasteiger partial charge in [-0.2, -0.15) is 0 Å². The summed E-state index contributed by atoms with van der Waals surface area (Å²) in [6, 6.07) is 10.7. The molecule has 0 spiro atoms. The van der Waals surface area contributed by atoms with E-state index in [0.717, 1.165) is 24.6 Å². The maximum atomic E-state index is 4.71. The number of anilines is 1. The quantitative estimate of drug-likeness (QED) is 0.722. The highest BCUT2D eigenvalue weighted by atomic mass is 15.2. The van der Waals surface area contributed by atoms with Crippen molar-refractivity contribution in [1.82, 2.24) is 4.98 Å². The average Bonchev–Trinajstić information content (AvgIpc) is 2.82. The van der Waals surface area contributed by atoms with E-state index in [-0.39, 0.29) is 0 Å². The molecule has 0 atom stereocenters. The van der Waals surface area contributed by atoms with E-state index in [0.29, 0.717) is 0 Å². The number of benzene rings is 1. The van der Waals surface area contributed by atoms with E-state index >= 15 is 0 Å². The van der Waals surface area contributed by atoms with Gasteiger partial charge >= 0.3 is 0 Å². The van der Waals surface area contributed by atoms with Crippen molar-refractivity contribution in [2.45, 2.75) is 19.8 Å². The van der Waals surface area contributed by atoms with Gasteiger partial charge in [-0.3, -0.25) is 0 Å². The molecule has 1 aliphatic heterocycles. The second kappa shape index (κ2) is 3.78. The molecule has 0 saturated carbocycles. The molecule has 0 bridgehead atoms. The molecule has 3 rings (SSSR count). The average molecular weight is 212 g/mol. The van der Waals surface area contributed by atoms with Gasteiger partial charge in [-0.15, -0.1) is 0 Å². The fraction of sp³-hybridized carbons (Fsp3) is 0.357. The van der Waals surface area contributed by atoms with Crippen molar-refractivity contribution in [1.29, 1.82) is 0 Å². The number of nitrogens with zero attached hydrogens (tertiary/aromatic N) is 2. The van der Waals surface area contributed by atoms with Gasteiger partial charge < -0.3 is 4.90 Å². The molecule has 1 aliphatic rings. The lowest BCUT2D eigenvalue weighted by Gasteiger charge is -2.17. The van der Waals surface area contributed by atoms with Crippen molar-refractivity contribution in [3.8, 4) is 0 Å². The first-order chi connectivity index (χ1) is 7.84. The van der Waals surface area contributed by atoms with E-state index in [1.165, 1.54) is 23.6 Å². The topological polar surface area (TPSA) is 16.1 Å². The Labute approximate surface area is 95.9 Å². The molecular weight excluding hydrogens is 196 g/mol. The Morgan fingerprint density at radius 2 is 1.88 bits per heavy atom. The zero-order valence-electron chi connectivity index (χ0n) is 9.61. The summed E-state index contributed by atoms with van der Waals surface area (Å²) in [5.74, 6) is 1.15. The van der Waals surface area contributed by atoms with Crippen molar-refractivity contribution in [3.63, 3.8) is 0 Å². The fourth-order valence-electron chi connectivity index (χ4n) is 2.46. The van der Waals surface area contributed by atoms with Crippen molar-refractivity contribution in [2.75, 3.05) is 18.0 Å². The lowest BCUT2D eigenvalue weighted by atomic mass is 10.1. The Bertz CT molecular complexity index is 513. The molecule has 1 fully saturated rings. The number of hydrogen-bond donors (Lipinski definition) is 0. The van der Waals surface area contributed by atoms with Gasteiger partial charge in [0.25, 0.3) is 0 Å². The molecule has 1 saturated heterocycles. The Morgan fingerprint density at radius 3 is 2.69 bits per heavy atom. The molecule has 2 heteroatoms. The summed E-state index contributed by atoms with van der Waals surface area (Å²) in [5, 5.41) is 2.57. The highest BCUT2D eigenvalue weighted by molar-refractivity contribution is 5.86. The third kappa shape index (κ3) is 1.54. The summed E-state index contributed by atoms with van der Waals surface area (Å²) in [7, 11) is 0. The minimum Gasteiger partial charge on any atom is -0.357 e. The van der Waals surface area contributed by atoms with Crippen LogP contribution >= 0.6 is 0 Å². The van der Waals surface area contributed by atoms with Gasteiger partial charge in [-0.25, -0.2) is 4.98 Å². The molecule has 2 aromatic rings. The maximum Gasteiger partial charge on any atom is 0.129 e. The first-order valence-electron chi connectivity index (χ1n) is 5.96. The summed E-state index contributed by atoms with van der Waals surface area (Å²) in [4.78, 5) is 7.10. The molecule has 16 heavy (non-hydrogen) atoms. The SMILES string of the molecule is Cc1nc(N2CCCC2)cc2ccccc12. The first kappa shape index (κ1) is 9.64. The molecule has 82 valence electrons. The van der Waals surface area contributed by atoms with E-state index in [1.54, 1.807) is 0 Å². The maximum absolute atomic E-state index is 4.71. The predicted molar refractivity (Wildman–Crippen MR) is 67.9 cm³/mol. The normalized spacial score (nSPS) is 15.9. The summed E-state index contributed by atoms with van der Waals surface area (Å²) in [6.45, 7) is 4.41. The van der Waals surface area contributed by atoms with Gasteiger partial charge in [0, 0.05) is 24.2 Å². The van der Waals surface area contributed by atoms with Crippen molar-refractivity contribution in [2.24, 2.45) is 0 Å². The predicted octanol–water partition coefficient (Wildman–Crippen LogP) is 3.14. The lowest BCUT2D eigenvalue weighted by Crippen LogP contribution is -2.19. The third-order valence-electron chi connectivity index (χ3n) is 3.35. The van der Waals surface area contributed by atoms with E-state index in [9.17, 15) is 0 Å². The monoisotopic (exact) mass is 212 g/mol. The van der Waals surface area contributed by atoms with Crippen LogP contribution in [0.2, 0.25) is 0 Å². The van der Waals surface area contributed by atoms with E-state index in [2.05, 4.69) is 42.2 Å². The number of hydrogen-bond acceptors (Lipinski definition) is 2. The minimum absolute atomic E-state index is 1.14. The molecule has 0 amide bonds. The van der Waals surface area contributed by atoms with Crippen LogP contribution in [-0.2, 0) is 0 Å². The molecule has 0 radical (unpaired) electrons. The summed E-state index contributed by atoms with van der Waals surface area (Å²) in [6.07, 6.45) is 2.60. The second-order valence-corrected chi connectivity index (χ2v) is 4.48. The van der Waals surface area contributed by atoms with Gasteiger partial charge in [-0.1, -0.05) is 24.3 Å². The molecule has 2 nitrogen and oxygen atoms in total. The number of fused-ring (bicyclic) bond motifs is 1. The first-order valence-corrected chi connectivity index (χ1v) is 5.96. The van der Waals surface area contributed by atoms with Crippen LogP contribution < -0.4 is 4.90 Å². The summed E-state index contributed by atoms with van der Waals surface area (Å²) in [5.41, 5.74) is 1.14. The summed E-state index contributed by atoms with van der Waals surface area (Å²) < 4.78 is 0. The van der Waals surface area contributed by atoms with Crippen LogP contribution in [-0.4, -0.2) is 18.1 Å². The van der Waals surface area contributed by atoms with Crippen molar-refractivity contribution < 1.29 is 0 Å². The molecule has 0 aliphatic carbocycles. The van der Waals surface area contributed by atoms with Crippen LogP contribution in [0.5, 0.6) is 0 Å². The lowest BCUT2D eigenvalue weighted by molar-refractivity contribution is 0.934. The van der Waals surface area contributed by atoms with Crippen LogP contribution in [0, 0.1) is 6.92 Å². The third-order valence-corrected chi connectivity index (χ3v) is 3.35. The van der Waals surface area contributed by atoms with Gasteiger partial charge in [0.05, 0.1) is 0 Å². The van der Waals surface area contributed by atoms with Gasteiger partial charge in [0.1, 0.15) is 5.82 Å². The van der Waals surface area contributed by atoms with Crippen LogP contribution in [0.4, 0.5) is 5.82 Å². The van der Waals surface area contributed by atoms with Crippen LogP contribution in [0.15, 0.2) is 30.3 Å². The zero-order chi connectivity index (χ0) is 11.0. The van der Waals surface area contributed by atoms with E-state index in [1.807, 2.05) is 0 Å². The zero-order valence-corrected chi connectivity index (χ0v) is 9.61. The molecule has 1 aromatic carbocycles. The Balaban J connectivity index is 2.13. The number of aromatic nitrogens is 1. The van der Waals surface area contributed by atoms with Gasteiger partial charge in [0.15, 0.2) is 0 Å². The Hall–Kier alpha value is -1.57. The highest BCUT2D eigenvalue weighted by Crippen LogP contribution is 2.24. The largest absolute Gasteiger partial charge is 0.357 e. The highest BCUT2D eigenvalue weighted by Gasteiger charge is 2.14. The van der Waals surface area contributed by atoms with E-state index in [4.69, 9.17) is 4.98 Å². The van der Waals surface area contributed by atoms with Crippen molar-refractivity contribution in [3.05, 3.63) is 36.0 Å². The number of rotatable bonds is 1.